The standard InChI is InChI=1S/C21H23N3O2/c1-16-22-23-20(26-16)14-24(13-17-7-3-2-4-8-17)15-21(25)12-11-18-9-5-6-10-19(18)21/h2-10,25H,11-15H2,1H3. The number of aromatic nitrogens is 2. The molecular weight excluding hydrogens is 326 g/mol. The van der Waals surface area contributed by atoms with Crippen LogP contribution >= 0.6 is 0 Å². The van der Waals surface area contributed by atoms with Crippen molar-refractivity contribution in [2.75, 3.05) is 6.54 Å². The van der Waals surface area contributed by atoms with Crippen LogP contribution < -0.4 is 0 Å². The van der Waals surface area contributed by atoms with Gasteiger partial charge in [-0.1, -0.05) is 54.6 Å². The molecular formula is C21H23N3O2. The molecule has 0 saturated carbocycles. The quantitative estimate of drug-likeness (QED) is 0.740. The predicted octanol–water partition coefficient (Wildman–Crippen LogP) is 3.21. The molecule has 1 aromatic heterocycles. The van der Waals surface area contributed by atoms with Crippen LogP contribution in [0, 0.1) is 6.92 Å². The summed E-state index contributed by atoms with van der Waals surface area (Å²) in [5, 5.41) is 19.4. The van der Waals surface area contributed by atoms with Crippen molar-refractivity contribution < 1.29 is 9.52 Å². The first-order valence-electron chi connectivity index (χ1n) is 8.98. The number of benzene rings is 2. The van der Waals surface area contributed by atoms with Crippen molar-refractivity contribution in [1.29, 1.82) is 0 Å². The predicted molar refractivity (Wildman–Crippen MR) is 98.3 cm³/mol. The molecule has 2 aromatic carbocycles. The Morgan fingerprint density at radius 3 is 2.58 bits per heavy atom. The van der Waals surface area contributed by atoms with Gasteiger partial charge in [0.1, 0.15) is 5.60 Å². The van der Waals surface area contributed by atoms with Crippen LogP contribution in [0.4, 0.5) is 0 Å². The van der Waals surface area contributed by atoms with Gasteiger partial charge in [-0.15, -0.1) is 10.2 Å². The van der Waals surface area contributed by atoms with Crippen LogP contribution in [0.3, 0.4) is 0 Å². The van der Waals surface area contributed by atoms with Crippen molar-refractivity contribution >= 4 is 0 Å². The van der Waals surface area contributed by atoms with E-state index in [1.165, 1.54) is 11.1 Å². The third-order valence-corrected chi connectivity index (χ3v) is 4.99. The highest BCUT2D eigenvalue weighted by atomic mass is 16.4. The molecule has 5 heteroatoms. The fourth-order valence-corrected chi connectivity index (χ4v) is 3.80. The first-order valence-corrected chi connectivity index (χ1v) is 8.98. The normalized spacial score (nSPS) is 19.0. The molecule has 4 rings (SSSR count). The minimum atomic E-state index is -0.847. The van der Waals surface area contributed by atoms with Gasteiger partial charge in [-0.05, 0) is 29.5 Å². The Bertz CT molecular complexity index is 878. The van der Waals surface area contributed by atoms with Gasteiger partial charge in [-0.3, -0.25) is 4.90 Å². The minimum absolute atomic E-state index is 0.514. The number of aliphatic hydroxyl groups is 1. The van der Waals surface area contributed by atoms with Gasteiger partial charge in [0.25, 0.3) is 0 Å². The van der Waals surface area contributed by atoms with E-state index in [1.54, 1.807) is 6.92 Å². The smallest absolute Gasteiger partial charge is 0.230 e. The zero-order valence-electron chi connectivity index (χ0n) is 14.9. The summed E-state index contributed by atoms with van der Waals surface area (Å²) in [6, 6.07) is 18.4. The van der Waals surface area contributed by atoms with Crippen LogP contribution in [0.25, 0.3) is 0 Å². The molecule has 26 heavy (non-hydrogen) atoms. The second-order valence-corrected chi connectivity index (χ2v) is 7.03. The van der Waals surface area contributed by atoms with Gasteiger partial charge < -0.3 is 9.52 Å². The third kappa shape index (κ3) is 3.54. The first-order chi connectivity index (χ1) is 12.6. The van der Waals surface area contributed by atoms with E-state index in [0.29, 0.717) is 31.4 Å². The van der Waals surface area contributed by atoms with Crippen molar-refractivity contribution in [3.63, 3.8) is 0 Å². The molecule has 3 aromatic rings. The SMILES string of the molecule is Cc1nnc(CN(Cc2ccccc2)CC2(O)CCc3ccccc32)o1. The maximum absolute atomic E-state index is 11.4. The van der Waals surface area contributed by atoms with Gasteiger partial charge in [0.05, 0.1) is 6.54 Å². The Labute approximate surface area is 153 Å². The molecule has 0 radical (unpaired) electrons. The van der Waals surface area contributed by atoms with E-state index in [9.17, 15) is 5.11 Å². The summed E-state index contributed by atoms with van der Waals surface area (Å²) >= 11 is 0. The monoisotopic (exact) mass is 349 g/mol. The van der Waals surface area contributed by atoms with E-state index in [2.05, 4.69) is 33.3 Å². The van der Waals surface area contributed by atoms with Gasteiger partial charge in [-0.25, -0.2) is 0 Å². The van der Waals surface area contributed by atoms with Gasteiger partial charge >= 0.3 is 0 Å². The molecule has 1 atom stereocenters. The summed E-state index contributed by atoms with van der Waals surface area (Å²) in [5.41, 5.74) is 2.63. The number of aryl methyl sites for hydroxylation is 2. The summed E-state index contributed by atoms with van der Waals surface area (Å²) in [6.45, 7) is 3.55. The van der Waals surface area contributed by atoms with Gasteiger partial charge in [0, 0.05) is 20.0 Å². The molecule has 134 valence electrons. The molecule has 0 saturated heterocycles. The second kappa shape index (κ2) is 7.02. The molecule has 1 heterocycles. The summed E-state index contributed by atoms with van der Waals surface area (Å²) in [4.78, 5) is 2.18. The Morgan fingerprint density at radius 2 is 1.81 bits per heavy atom. The lowest BCUT2D eigenvalue weighted by Crippen LogP contribution is -2.39. The molecule has 1 aliphatic carbocycles. The molecule has 0 spiro atoms. The van der Waals surface area contributed by atoms with Crippen LogP contribution in [0.2, 0.25) is 0 Å². The Morgan fingerprint density at radius 1 is 1.04 bits per heavy atom. The molecule has 0 aliphatic heterocycles. The van der Waals surface area contributed by atoms with Crippen LogP contribution in [-0.4, -0.2) is 26.7 Å². The van der Waals surface area contributed by atoms with E-state index >= 15 is 0 Å². The number of rotatable bonds is 6. The summed E-state index contributed by atoms with van der Waals surface area (Å²) in [7, 11) is 0. The lowest BCUT2D eigenvalue weighted by Gasteiger charge is -2.31. The number of fused-ring (bicyclic) bond motifs is 1. The minimum Gasteiger partial charge on any atom is -0.424 e. The van der Waals surface area contributed by atoms with E-state index in [0.717, 1.165) is 18.4 Å². The molecule has 5 nitrogen and oxygen atoms in total. The maximum Gasteiger partial charge on any atom is 0.230 e. The highest BCUT2D eigenvalue weighted by Gasteiger charge is 2.38. The largest absolute Gasteiger partial charge is 0.424 e. The zero-order valence-corrected chi connectivity index (χ0v) is 14.9. The van der Waals surface area contributed by atoms with Crippen molar-refractivity contribution in [3.05, 3.63) is 83.1 Å². The lowest BCUT2D eigenvalue weighted by atomic mass is 9.95. The molecule has 0 fully saturated rings. The fourth-order valence-electron chi connectivity index (χ4n) is 3.80. The fraction of sp³-hybridized carbons (Fsp3) is 0.333. The average Bonchev–Trinajstić information content (AvgIpc) is 3.20. The number of nitrogens with zero attached hydrogens (tertiary/aromatic N) is 3. The van der Waals surface area contributed by atoms with Gasteiger partial charge in [0.15, 0.2) is 0 Å². The van der Waals surface area contributed by atoms with E-state index in [-0.39, 0.29) is 0 Å². The molecule has 1 N–H and O–H groups in total. The molecule has 1 aliphatic rings. The zero-order chi connectivity index (χ0) is 18.0. The Balaban J connectivity index is 1.58. The summed E-state index contributed by atoms with van der Waals surface area (Å²) in [6.07, 6.45) is 1.64. The van der Waals surface area contributed by atoms with Crippen molar-refractivity contribution in [1.82, 2.24) is 15.1 Å². The lowest BCUT2D eigenvalue weighted by molar-refractivity contribution is -0.00637. The van der Waals surface area contributed by atoms with Crippen LogP contribution in [0.5, 0.6) is 0 Å². The van der Waals surface area contributed by atoms with Crippen LogP contribution in [0.1, 0.15) is 34.9 Å². The highest BCUT2D eigenvalue weighted by molar-refractivity contribution is 5.37. The van der Waals surface area contributed by atoms with Crippen molar-refractivity contribution in [3.8, 4) is 0 Å². The number of hydrogen-bond acceptors (Lipinski definition) is 5. The summed E-state index contributed by atoms with van der Waals surface area (Å²) in [5.74, 6) is 1.14. The highest BCUT2D eigenvalue weighted by Crippen LogP contribution is 2.37. The van der Waals surface area contributed by atoms with E-state index in [1.807, 2.05) is 36.4 Å². The van der Waals surface area contributed by atoms with Crippen molar-refractivity contribution in [2.24, 2.45) is 0 Å². The molecule has 1 unspecified atom stereocenters. The van der Waals surface area contributed by atoms with Crippen LogP contribution in [-0.2, 0) is 25.1 Å². The van der Waals surface area contributed by atoms with Crippen molar-refractivity contribution in [2.45, 2.75) is 38.5 Å². The molecule has 0 amide bonds. The Hall–Kier alpha value is -2.50. The second-order valence-electron chi connectivity index (χ2n) is 7.03. The van der Waals surface area contributed by atoms with E-state index < -0.39 is 5.60 Å². The van der Waals surface area contributed by atoms with E-state index in [4.69, 9.17) is 4.42 Å². The van der Waals surface area contributed by atoms with Gasteiger partial charge in [0.2, 0.25) is 11.8 Å². The molecule has 0 bridgehead atoms. The van der Waals surface area contributed by atoms with Crippen LogP contribution in [0.15, 0.2) is 59.0 Å². The third-order valence-electron chi connectivity index (χ3n) is 4.99. The van der Waals surface area contributed by atoms with Gasteiger partial charge in [-0.2, -0.15) is 0 Å². The number of hydrogen-bond donors (Lipinski definition) is 1. The maximum atomic E-state index is 11.4. The topological polar surface area (TPSA) is 62.4 Å². The summed E-state index contributed by atoms with van der Waals surface area (Å²) < 4.78 is 5.57. The average molecular weight is 349 g/mol. The Kier molecular flexibility index (Phi) is 4.57. The first kappa shape index (κ1) is 16.9.